The fourth-order valence-corrected chi connectivity index (χ4v) is 9.43. The summed E-state index contributed by atoms with van der Waals surface area (Å²) in [6.45, 7) is 4.43. The number of carbonyl (C=O) groups is 2. The highest BCUT2D eigenvalue weighted by Gasteiger charge is 2.27. The number of likely N-dealkylation sites (N-methyl/N-ethyl adjacent to an activating group) is 1. The molecule has 0 heterocycles. The van der Waals surface area contributed by atoms with Gasteiger partial charge in [-0.2, -0.15) is 0 Å². The lowest BCUT2D eigenvalue weighted by Gasteiger charge is -2.24. The maximum Gasteiger partial charge on any atom is 0.472 e. The van der Waals surface area contributed by atoms with E-state index in [0.29, 0.717) is 17.4 Å². The maximum atomic E-state index is 12.8. The topological polar surface area (TPSA) is 108 Å². The number of esters is 2. The maximum absolute atomic E-state index is 12.8. The van der Waals surface area contributed by atoms with Crippen LogP contribution in [-0.4, -0.2) is 74.9 Å². The van der Waals surface area contributed by atoms with Crippen molar-refractivity contribution < 1.29 is 42.1 Å². The number of nitrogens with zero attached hydrogens (tertiary/aromatic N) is 1. The lowest BCUT2D eigenvalue weighted by Crippen LogP contribution is -2.37. The van der Waals surface area contributed by atoms with Gasteiger partial charge in [0.15, 0.2) is 6.10 Å². The first-order valence-electron chi connectivity index (χ1n) is 30.2. The van der Waals surface area contributed by atoms with Crippen molar-refractivity contribution in [1.29, 1.82) is 0 Å². The summed E-state index contributed by atoms with van der Waals surface area (Å²) in [6, 6.07) is 0. The third-order valence-electron chi connectivity index (χ3n) is 13.4. The van der Waals surface area contributed by atoms with Gasteiger partial charge in [0.25, 0.3) is 0 Å². The summed E-state index contributed by atoms with van der Waals surface area (Å²) in [5.74, 6) is -0.801. The molecule has 0 aliphatic carbocycles. The average Bonchev–Trinajstić information content (AvgIpc) is 3.33. The predicted molar refractivity (Wildman–Crippen MR) is 303 cm³/mol. The molecule has 0 aromatic heterocycles. The lowest BCUT2D eigenvalue weighted by molar-refractivity contribution is -0.870. The minimum atomic E-state index is -4.39. The molecule has 0 spiro atoms. The van der Waals surface area contributed by atoms with Gasteiger partial charge in [0.1, 0.15) is 19.8 Å². The van der Waals surface area contributed by atoms with E-state index >= 15 is 0 Å². The van der Waals surface area contributed by atoms with Gasteiger partial charge in [-0.05, 0) is 70.6 Å². The van der Waals surface area contributed by atoms with E-state index in [1.165, 1.54) is 199 Å². The molecule has 0 aliphatic heterocycles. The third kappa shape index (κ3) is 57.4. The standard InChI is InChI=1S/C61H116NO8P/c1-6-8-10-12-14-16-18-20-22-24-25-26-27-28-29-30-31-32-33-34-35-36-37-38-40-41-43-45-47-49-51-53-60(63)67-57-59(58-69-71(65,66)68-56-55-62(3,4)5)70-61(64)54-52-50-48-46-44-42-39-23-21-19-17-15-13-11-9-7-2/h17,19,23-25,39,59H,6-16,18,20-22,26-38,40-58H2,1-5H3/p+1/b19-17-,25-24-,39-23-. The van der Waals surface area contributed by atoms with Gasteiger partial charge in [-0.1, -0.05) is 243 Å². The Bertz CT molecular complexity index is 1300. The lowest BCUT2D eigenvalue weighted by atomic mass is 10.0. The van der Waals surface area contributed by atoms with Crippen LogP contribution in [0.25, 0.3) is 0 Å². The molecule has 0 amide bonds. The van der Waals surface area contributed by atoms with Gasteiger partial charge in [-0.15, -0.1) is 0 Å². The van der Waals surface area contributed by atoms with Crippen molar-refractivity contribution in [3.05, 3.63) is 36.5 Å². The summed E-state index contributed by atoms with van der Waals surface area (Å²) < 4.78 is 34.5. The zero-order valence-corrected chi connectivity index (χ0v) is 48.4. The number of phosphoric ester groups is 1. The smallest absolute Gasteiger partial charge is 0.462 e. The van der Waals surface area contributed by atoms with E-state index in [9.17, 15) is 19.0 Å². The van der Waals surface area contributed by atoms with Crippen LogP contribution in [0.5, 0.6) is 0 Å². The van der Waals surface area contributed by atoms with Gasteiger partial charge in [0, 0.05) is 12.8 Å². The minimum absolute atomic E-state index is 0.0301. The van der Waals surface area contributed by atoms with Gasteiger partial charge in [0.2, 0.25) is 0 Å². The van der Waals surface area contributed by atoms with Crippen LogP contribution in [0.2, 0.25) is 0 Å². The summed E-state index contributed by atoms with van der Waals surface area (Å²) in [5, 5.41) is 0. The molecule has 0 saturated heterocycles. The highest BCUT2D eigenvalue weighted by molar-refractivity contribution is 7.47. The highest BCUT2D eigenvalue weighted by atomic mass is 31.2. The number of allylic oxidation sites excluding steroid dienone is 6. The Morgan fingerprint density at radius 3 is 1.14 bits per heavy atom. The van der Waals surface area contributed by atoms with Crippen LogP contribution in [0, 0.1) is 0 Å². The van der Waals surface area contributed by atoms with E-state index in [1.807, 2.05) is 21.1 Å². The molecule has 10 heteroatoms. The van der Waals surface area contributed by atoms with Crippen LogP contribution in [-0.2, 0) is 32.7 Å². The van der Waals surface area contributed by atoms with Crippen molar-refractivity contribution in [3.63, 3.8) is 0 Å². The van der Waals surface area contributed by atoms with Crippen molar-refractivity contribution >= 4 is 19.8 Å². The zero-order valence-electron chi connectivity index (χ0n) is 47.5. The van der Waals surface area contributed by atoms with E-state index in [4.69, 9.17) is 18.5 Å². The molecule has 0 rings (SSSR count). The van der Waals surface area contributed by atoms with Crippen LogP contribution >= 0.6 is 7.82 Å². The Morgan fingerprint density at radius 2 is 0.761 bits per heavy atom. The molecule has 0 saturated carbocycles. The molecule has 0 bridgehead atoms. The second-order valence-corrected chi connectivity index (χ2v) is 23.2. The fraction of sp³-hybridized carbons (Fsp3) is 0.869. The third-order valence-corrected chi connectivity index (χ3v) is 14.4. The molecular formula is C61H117NO8P+. The molecule has 71 heavy (non-hydrogen) atoms. The van der Waals surface area contributed by atoms with Crippen molar-refractivity contribution in [1.82, 2.24) is 0 Å². The summed E-state index contributed by atoms with van der Waals surface area (Å²) in [4.78, 5) is 35.6. The minimum Gasteiger partial charge on any atom is -0.462 e. The molecule has 0 aromatic carbocycles. The predicted octanol–water partition coefficient (Wildman–Crippen LogP) is 18.8. The molecule has 0 radical (unpaired) electrons. The second-order valence-electron chi connectivity index (χ2n) is 21.7. The Morgan fingerprint density at radius 1 is 0.437 bits per heavy atom. The molecule has 1 N–H and O–H groups in total. The summed E-state index contributed by atoms with van der Waals surface area (Å²) >= 11 is 0. The number of hydrogen-bond acceptors (Lipinski definition) is 7. The number of phosphoric acid groups is 1. The summed E-state index contributed by atoms with van der Waals surface area (Å²) in [7, 11) is 1.48. The van der Waals surface area contributed by atoms with E-state index in [-0.39, 0.29) is 32.0 Å². The number of unbranched alkanes of at least 4 members (excludes halogenated alkanes) is 36. The molecule has 2 atom stereocenters. The van der Waals surface area contributed by atoms with Crippen LogP contribution in [0.4, 0.5) is 0 Å². The number of ether oxygens (including phenoxy) is 2. The summed E-state index contributed by atoms with van der Waals surface area (Å²) in [6.07, 6.45) is 65.2. The van der Waals surface area contributed by atoms with Gasteiger partial charge < -0.3 is 18.9 Å². The second kappa shape index (κ2) is 53.1. The largest absolute Gasteiger partial charge is 0.472 e. The van der Waals surface area contributed by atoms with Crippen LogP contribution in [0.1, 0.15) is 290 Å². The first kappa shape index (κ1) is 69.2. The monoisotopic (exact) mass is 1020 g/mol. The molecule has 2 unspecified atom stereocenters. The Balaban J connectivity index is 4.02. The van der Waals surface area contributed by atoms with E-state index < -0.39 is 26.5 Å². The fourth-order valence-electron chi connectivity index (χ4n) is 8.69. The number of rotatable bonds is 56. The van der Waals surface area contributed by atoms with Gasteiger partial charge in [-0.3, -0.25) is 18.6 Å². The molecule has 0 aliphatic rings. The van der Waals surface area contributed by atoms with Crippen LogP contribution in [0.3, 0.4) is 0 Å². The zero-order chi connectivity index (χ0) is 52.0. The molecular weight excluding hydrogens is 906 g/mol. The molecule has 0 aromatic rings. The van der Waals surface area contributed by atoms with Crippen molar-refractivity contribution in [2.45, 2.75) is 296 Å². The Hall–Kier alpha value is -1.77. The van der Waals surface area contributed by atoms with E-state index in [2.05, 4.69) is 50.3 Å². The first-order valence-corrected chi connectivity index (χ1v) is 31.7. The van der Waals surface area contributed by atoms with Gasteiger partial charge >= 0.3 is 19.8 Å². The van der Waals surface area contributed by atoms with Crippen molar-refractivity contribution in [3.8, 4) is 0 Å². The van der Waals surface area contributed by atoms with E-state index in [0.717, 1.165) is 57.8 Å². The van der Waals surface area contributed by atoms with Crippen LogP contribution < -0.4 is 0 Å². The number of quaternary nitrogens is 1. The molecule has 418 valence electrons. The average molecular weight is 1020 g/mol. The van der Waals surface area contributed by atoms with Gasteiger partial charge in [-0.25, -0.2) is 4.57 Å². The summed E-state index contributed by atoms with van der Waals surface area (Å²) in [5.41, 5.74) is 0. The number of hydrogen-bond donors (Lipinski definition) is 1. The van der Waals surface area contributed by atoms with Crippen molar-refractivity contribution in [2.24, 2.45) is 0 Å². The molecule has 0 fully saturated rings. The quantitative estimate of drug-likeness (QED) is 0.0211. The Labute approximate surface area is 440 Å². The molecule has 9 nitrogen and oxygen atoms in total. The first-order chi connectivity index (χ1) is 34.5. The highest BCUT2D eigenvalue weighted by Crippen LogP contribution is 2.43. The SMILES string of the molecule is CCCCCC/C=C\C/C=C\CCCCCCCC(=O)OC(COC(=O)CCCCCCCCCCCCCCCCCCCCC/C=C\CCCCCCCCCC)COP(=O)(O)OCC[N+](C)(C)C. The van der Waals surface area contributed by atoms with Gasteiger partial charge in [0.05, 0.1) is 27.7 Å². The normalized spacial score (nSPS) is 13.5. The number of carbonyl (C=O) groups excluding carboxylic acids is 2. The van der Waals surface area contributed by atoms with E-state index in [1.54, 1.807) is 0 Å². The Kier molecular flexibility index (Phi) is 51.7. The van der Waals surface area contributed by atoms with Crippen LogP contribution in [0.15, 0.2) is 36.5 Å². The van der Waals surface area contributed by atoms with Crippen molar-refractivity contribution in [2.75, 3.05) is 47.5 Å².